The van der Waals surface area contributed by atoms with Gasteiger partial charge in [-0.2, -0.15) is 23.3 Å². The zero-order valence-corrected chi connectivity index (χ0v) is 19.2. The van der Waals surface area contributed by atoms with Crippen molar-refractivity contribution in [1.82, 2.24) is 9.97 Å². The predicted octanol–water partition coefficient (Wildman–Crippen LogP) is 6.20. The summed E-state index contributed by atoms with van der Waals surface area (Å²) in [6.07, 6.45) is -3.36. The summed E-state index contributed by atoms with van der Waals surface area (Å²) in [6.45, 7) is 5.54. The van der Waals surface area contributed by atoms with Crippen LogP contribution in [0.4, 0.5) is 40.7 Å². The smallest absolute Gasteiger partial charge is 0.375 e. The Balaban J connectivity index is 1.42. The van der Waals surface area contributed by atoms with E-state index < -0.39 is 17.6 Å². The minimum Gasteiger partial charge on any atom is -0.375 e. The number of benzene rings is 2. The van der Waals surface area contributed by atoms with Gasteiger partial charge in [-0.1, -0.05) is 12.1 Å². The molecule has 1 aliphatic heterocycles. The van der Waals surface area contributed by atoms with Gasteiger partial charge in [-0.3, -0.25) is 0 Å². The Morgan fingerprint density at radius 1 is 1.17 bits per heavy atom. The fourth-order valence-electron chi connectivity index (χ4n) is 3.70. The molecule has 1 fully saturated rings. The number of azo groups is 1. The summed E-state index contributed by atoms with van der Waals surface area (Å²) in [4.78, 5) is 9.90. The van der Waals surface area contributed by atoms with Gasteiger partial charge in [-0.05, 0) is 55.3 Å². The number of rotatable bonds is 6. The number of morpholine rings is 1. The standard InChI is InChI=1S/C24H24F4N6O/c1-15-10-20(31-19-5-3-4-18(11-19)24(26,27)28)7-6-17(15)12-30-33-23-29-13-21(25)22(32-23)34-8-9-35-16(2)14-34/h3-7,10-11,13,16,31H,8-9,12,14H2,1-2H3. The molecule has 0 spiro atoms. The minimum atomic E-state index is -4.40. The lowest BCUT2D eigenvalue weighted by Gasteiger charge is -2.31. The average molecular weight is 488 g/mol. The van der Waals surface area contributed by atoms with E-state index in [1.807, 2.05) is 26.0 Å². The van der Waals surface area contributed by atoms with E-state index in [1.165, 1.54) is 6.07 Å². The van der Waals surface area contributed by atoms with Crippen molar-refractivity contribution in [3.05, 3.63) is 71.2 Å². The summed E-state index contributed by atoms with van der Waals surface area (Å²) in [7, 11) is 0. The van der Waals surface area contributed by atoms with Crippen LogP contribution in [-0.2, 0) is 17.5 Å². The molecule has 2 aromatic carbocycles. The van der Waals surface area contributed by atoms with Crippen LogP contribution >= 0.6 is 0 Å². The monoisotopic (exact) mass is 488 g/mol. The lowest BCUT2D eigenvalue weighted by molar-refractivity contribution is -0.137. The summed E-state index contributed by atoms with van der Waals surface area (Å²) < 4.78 is 58.5. The average Bonchev–Trinajstić information content (AvgIpc) is 2.81. The predicted molar refractivity (Wildman–Crippen MR) is 124 cm³/mol. The van der Waals surface area contributed by atoms with Gasteiger partial charge in [0, 0.05) is 24.5 Å². The number of nitrogens with zero attached hydrogens (tertiary/aromatic N) is 5. The molecule has 0 aliphatic carbocycles. The largest absolute Gasteiger partial charge is 0.416 e. The molecule has 1 N–H and O–H groups in total. The lowest BCUT2D eigenvalue weighted by atomic mass is 10.1. The third-order valence-electron chi connectivity index (χ3n) is 5.48. The van der Waals surface area contributed by atoms with Crippen molar-refractivity contribution in [1.29, 1.82) is 0 Å². The van der Waals surface area contributed by atoms with Crippen LogP contribution in [0.5, 0.6) is 0 Å². The number of halogens is 4. The van der Waals surface area contributed by atoms with Crippen molar-refractivity contribution in [3.63, 3.8) is 0 Å². The molecule has 1 atom stereocenters. The van der Waals surface area contributed by atoms with Crippen molar-refractivity contribution >= 4 is 23.1 Å². The third kappa shape index (κ3) is 6.30. The van der Waals surface area contributed by atoms with E-state index in [9.17, 15) is 17.6 Å². The molecule has 11 heteroatoms. The molecule has 0 amide bonds. The highest BCUT2D eigenvalue weighted by Crippen LogP contribution is 2.31. The molecule has 3 aromatic rings. The third-order valence-corrected chi connectivity index (χ3v) is 5.48. The van der Waals surface area contributed by atoms with E-state index in [4.69, 9.17) is 4.74 Å². The molecule has 0 saturated carbocycles. The van der Waals surface area contributed by atoms with Crippen molar-refractivity contribution in [3.8, 4) is 0 Å². The molecule has 7 nitrogen and oxygen atoms in total. The van der Waals surface area contributed by atoms with Crippen LogP contribution in [0.25, 0.3) is 0 Å². The van der Waals surface area contributed by atoms with E-state index in [-0.39, 0.29) is 24.4 Å². The Labute approximate surface area is 199 Å². The molecule has 1 aromatic heterocycles. The fourth-order valence-corrected chi connectivity index (χ4v) is 3.70. The van der Waals surface area contributed by atoms with Crippen LogP contribution in [0.2, 0.25) is 0 Å². The highest BCUT2D eigenvalue weighted by Gasteiger charge is 2.30. The van der Waals surface area contributed by atoms with E-state index >= 15 is 0 Å². The van der Waals surface area contributed by atoms with Crippen molar-refractivity contribution in [2.75, 3.05) is 29.9 Å². The van der Waals surface area contributed by atoms with Crippen LogP contribution in [-0.4, -0.2) is 35.8 Å². The number of aromatic nitrogens is 2. The molecule has 0 radical (unpaired) electrons. The lowest BCUT2D eigenvalue weighted by Crippen LogP contribution is -2.42. The van der Waals surface area contributed by atoms with Gasteiger partial charge in [-0.25, -0.2) is 9.37 Å². The van der Waals surface area contributed by atoms with Crippen LogP contribution in [0, 0.1) is 12.7 Å². The number of hydrogen-bond acceptors (Lipinski definition) is 7. The van der Waals surface area contributed by atoms with Crippen molar-refractivity contribution in [2.45, 2.75) is 32.7 Å². The molecule has 0 bridgehead atoms. The number of anilines is 3. The first-order valence-corrected chi connectivity index (χ1v) is 11.0. The van der Waals surface area contributed by atoms with E-state index in [2.05, 4.69) is 25.5 Å². The zero-order valence-electron chi connectivity index (χ0n) is 19.2. The van der Waals surface area contributed by atoms with E-state index in [1.54, 1.807) is 17.0 Å². The summed E-state index contributed by atoms with van der Waals surface area (Å²) in [5.41, 5.74) is 2.02. The second-order valence-electron chi connectivity index (χ2n) is 8.21. The molecule has 4 rings (SSSR count). The van der Waals surface area contributed by atoms with Gasteiger partial charge in [-0.15, -0.1) is 5.11 Å². The molecular formula is C24H24F4N6O. The van der Waals surface area contributed by atoms with Gasteiger partial charge in [0.05, 0.1) is 31.0 Å². The summed E-state index contributed by atoms with van der Waals surface area (Å²) >= 11 is 0. The molecule has 2 heterocycles. The Morgan fingerprint density at radius 3 is 2.71 bits per heavy atom. The number of nitrogens with one attached hydrogen (secondary N) is 1. The SMILES string of the molecule is Cc1cc(Nc2cccc(C(F)(F)F)c2)ccc1CN=Nc1ncc(F)c(N2CCOC(C)C2)n1. The van der Waals surface area contributed by atoms with Gasteiger partial charge in [0.15, 0.2) is 11.6 Å². The van der Waals surface area contributed by atoms with Crippen molar-refractivity contribution < 1.29 is 22.3 Å². The zero-order chi connectivity index (χ0) is 25.0. The topological polar surface area (TPSA) is 75.0 Å². The number of aryl methyl sites for hydroxylation is 1. The second-order valence-corrected chi connectivity index (χ2v) is 8.21. The quantitative estimate of drug-likeness (QED) is 0.331. The molecular weight excluding hydrogens is 464 g/mol. The number of hydrogen-bond donors (Lipinski definition) is 1. The maximum atomic E-state index is 14.3. The van der Waals surface area contributed by atoms with E-state index in [0.717, 1.165) is 29.5 Å². The van der Waals surface area contributed by atoms with Gasteiger partial charge in [0.1, 0.15) is 0 Å². The van der Waals surface area contributed by atoms with Gasteiger partial charge < -0.3 is 15.0 Å². The van der Waals surface area contributed by atoms with Gasteiger partial charge >= 0.3 is 6.18 Å². The van der Waals surface area contributed by atoms with Crippen molar-refractivity contribution in [2.24, 2.45) is 10.2 Å². The first-order valence-electron chi connectivity index (χ1n) is 11.0. The molecule has 1 aliphatic rings. The Kier molecular flexibility index (Phi) is 7.25. The fraction of sp³-hybridized carbons (Fsp3) is 0.333. The number of ether oxygens (including phenoxy) is 1. The summed E-state index contributed by atoms with van der Waals surface area (Å²) in [5.74, 6) is -0.302. The molecule has 35 heavy (non-hydrogen) atoms. The minimum absolute atomic E-state index is 0.0304. The summed E-state index contributed by atoms with van der Waals surface area (Å²) in [6, 6.07) is 10.4. The van der Waals surface area contributed by atoms with Crippen LogP contribution in [0.3, 0.4) is 0 Å². The Morgan fingerprint density at radius 2 is 1.97 bits per heavy atom. The Hall–Kier alpha value is -3.60. The highest BCUT2D eigenvalue weighted by atomic mass is 19.4. The number of alkyl halides is 3. The summed E-state index contributed by atoms with van der Waals surface area (Å²) in [5, 5.41) is 11.2. The van der Waals surface area contributed by atoms with E-state index in [0.29, 0.717) is 31.1 Å². The van der Waals surface area contributed by atoms with Gasteiger partial charge in [0.25, 0.3) is 5.95 Å². The van der Waals surface area contributed by atoms with Crippen LogP contribution in [0.15, 0.2) is 58.9 Å². The first kappa shape index (κ1) is 24.5. The van der Waals surface area contributed by atoms with Crippen LogP contribution < -0.4 is 10.2 Å². The van der Waals surface area contributed by atoms with Gasteiger partial charge in [0.2, 0.25) is 0 Å². The maximum absolute atomic E-state index is 14.3. The highest BCUT2D eigenvalue weighted by molar-refractivity contribution is 5.62. The first-order chi connectivity index (χ1) is 16.7. The maximum Gasteiger partial charge on any atom is 0.416 e. The molecule has 1 saturated heterocycles. The molecule has 184 valence electrons. The normalized spacial score (nSPS) is 16.6. The van der Waals surface area contributed by atoms with Crippen LogP contribution in [0.1, 0.15) is 23.6 Å². The second kappa shape index (κ2) is 10.3. The molecule has 1 unspecified atom stereocenters. The Bertz CT molecular complexity index is 1220.